The van der Waals surface area contributed by atoms with Crippen molar-refractivity contribution in [1.82, 2.24) is 14.9 Å². The normalized spacial score (nSPS) is 16.9. The lowest BCUT2D eigenvalue weighted by Crippen LogP contribution is -2.40. The first kappa shape index (κ1) is 15.0. The van der Waals surface area contributed by atoms with Crippen molar-refractivity contribution in [3.8, 4) is 0 Å². The maximum absolute atomic E-state index is 11.7. The lowest BCUT2D eigenvalue weighted by atomic mass is 9.97. The van der Waals surface area contributed by atoms with Gasteiger partial charge in [-0.05, 0) is 18.8 Å². The van der Waals surface area contributed by atoms with Gasteiger partial charge in [0.25, 0.3) is 5.56 Å². The minimum Gasteiger partial charge on any atom is -0.310 e. The second kappa shape index (κ2) is 6.88. The van der Waals surface area contributed by atoms with E-state index in [0.29, 0.717) is 12.5 Å². The fourth-order valence-electron chi connectivity index (χ4n) is 2.97. The molecule has 0 spiro atoms. The molecule has 0 bridgehead atoms. The quantitative estimate of drug-likeness (QED) is 0.831. The van der Waals surface area contributed by atoms with Crippen molar-refractivity contribution in [2.75, 3.05) is 13.1 Å². The van der Waals surface area contributed by atoms with E-state index in [1.807, 2.05) is 0 Å². The van der Waals surface area contributed by atoms with Crippen molar-refractivity contribution in [1.29, 1.82) is 0 Å². The molecule has 5 nitrogen and oxygen atoms in total. The molecular weight excluding hydrogens is 254 g/mol. The van der Waals surface area contributed by atoms with Crippen molar-refractivity contribution in [2.24, 2.45) is 5.92 Å². The highest BCUT2D eigenvalue weighted by Gasteiger charge is 2.21. The molecule has 2 heterocycles. The zero-order valence-electron chi connectivity index (χ0n) is 12.5. The molecule has 20 heavy (non-hydrogen) atoms. The molecule has 0 saturated carbocycles. The van der Waals surface area contributed by atoms with E-state index in [1.165, 1.54) is 25.7 Å². The predicted octanol–water partition coefficient (Wildman–Crippen LogP) is 1.64. The van der Waals surface area contributed by atoms with Crippen LogP contribution in [0.25, 0.3) is 0 Å². The van der Waals surface area contributed by atoms with Gasteiger partial charge in [-0.25, -0.2) is 4.79 Å². The van der Waals surface area contributed by atoms with Crippen molar-refractivity contribution >= 4 is 0 Å². The maximum atomic E-state index is 11.7. The molecule has 5 heteroatoms. The molecule has 1 unspecified atom stereocenters. The molecule has 1 aromatic rings. The van der Waals surface area contributed by atoms with Crippen LogP contribution in [0, 0.1) is 5.92 Å². The standard InChI is InChI=1S/C15H25N3O2/c1-3-5-6-11(4-2)9-18-8-7-12-13(10-18)16-15(20)17-14(12)19/h11H,3-10H2,1-2H3,(H2,16,17,19,20). The minimum atomic E-state index is -0.395. The highest BCUT2D eigenvalue weighted by molar-refractivity contribution is 5.19. The summed E-state index contributed by atoms with van der Waals surface area (Å²) in [6, 6.07) is 0. The third-order valence-corrected chi connectivity index (χ3v) is 4.25. The Kier molecular flexibility index (Phi) is 5.17. The number of unbranched alkanes of at least 4 members (excludes halogenated alkanes) is 1. The van der Waals surface area contributed by atoms with E-state index in [9.17, 15) is 9.59 Å². The third-order valence-electron chi connectivity index (χ3n) is 4.25. The van der Waals surface area contributed by atoms with E-state index in [1.54, 1.807) is 0 Å². The Bertz CT molecular complexity index is 547. The molecule has 0 saturated heterocycles. The van der Waals surface area contributed by atoms with Gasteiger partial charge in [0.15, 0.2) is 0 Å². The van der Waals surface area contributed by atoms with Crippen LogP contribution in [0.4, 0.5) is 0 Å². The molecule has 2 N–H and O–H groups in total. The molecule has 1 aromatic heterocycles. The first-order valence-corrected chi connectivity index (χ1v) is 7.70. The van der Waals surface area contributed by atoms with E-state index in [4.69, 9.17) is 0 Å². The Morgan fingerprint density at radius 2 is 2.05 bits per heavy atom. The number of H-pyrrole nitrogens is 2. The van der Waals surface area contributed by atoms with Crippen molar-refractivity contribution in [3.63, 3.8) is 0 Å². The van der Waals surface area contributed by atoms with Crippen LogP contribution in [0.15, 0.2) is 9.59 Å². The smallest absolute Gasteiger partial charge is 0.310 e. The van der Waals surface area contributed by atoms with E-state index in [-0.39, 0.29) is 5.56 Å². The molecule has 0 aliphatic carbocycles. The number of hydrogen-bond acceptors (Lipinski definition) is 3. The van der Waals surface area contributed by atoms with Gasteiger partial charge in [0.2, 0.25) is 0 Å². The molecule has 0 aromatic carbocycles. The monoisotopic (exact) mass is 279 g/mol. The summed E-state index contributed by atoms with van der Waals surface area (Å²) < 4.78 is 0. The maximum Gasteiger partial charge on any atom is 0.325 e. The first-order valence-electron chi connectivity index (χ1n) is 7.70. The van der Waals surface area contributed by atoms with Crippen LogP contribution in [-0.4, -0.2) is 28.0 Å². The number of nitrogens with one attached hydrogen (secondary N) is 2. The Labute approximate surface area is 119 Å². The second-order valence-electron chi connectivity index (χ2n) is 5.77. The molecule has 0 fully saturated rings. The van der Waals surface area contributed by atoms with Crippen LogP contribution in [0.2, 0.25) is 0 Å². The van der Waals surface area contributed by atoms with E-state index < -0.39 is 5.69 Å². The Hall–Kier alpha value is -1.36. The van der Waals surface area contributed by atoms with Crippen LogP contribution in [0.5, 0.6) is 0 Å². The van der Waals surface area contributed by atoms with Crippen LogP contribution in [0.3, 0.4) is 0 Å². The van der Waals surface area contributed by atoms with Crippen LogP contribution < -0.4 is 11.2 Å². The van der Waals surface area contributed by atoms with Gasteiger partial charge in [0.1, 0.15) is 0 Å². The van der Waals surface area contributed by atoms with Gasteiger partial charge < -0.3 is 4.98 Å². The topological polar surface area (TPSA) is 69.0 Å². The van der Waals surface area contributed by atoms with Gasteiger partial charge in [-0.1, -0.05) is 33.1 Å². The van der Waals surface area contributed by atoms with Crippen molar-refractivity contribution < 1.29 is 0 Å². The van der Waals surface area contributed by atoms with Gasteiger partial charge in [0, 0.05) is 30.9 Å². The van der Waals surface area contributed by atoms with Gasteiger partial charge in [-0.15, -0.1) is 0 Å². The summed E-state index contributed by atoms with van der Waals surface area (Å²) in [5, 5.41) is 0. The number of hydrogen-bond donors (Lipinski definition) is 2. The SMILES string of the molecule is CCCCC(CC)CN1CCc2c([nH]c(=O)[nH]c2=O)C1. The Morgan fingerprint density at radius 1 is 1.25 bits per heavy atom. The zero-order valence-corrected chi connectivity index (χ0v) is 12.5. The molecule has 2 rings (SSSR count). The molecular formula is C15H25N3O2. The van der Waals surface area contributed by atoms with Gasteiger partial charge in [-0.3, -0.25) is 14.7 Å². The molecule has 1 aliphatic heterocycles. The van der Waals surface area contributed by atoms with Crippen LogP contribution >= 0.6 is 0 Å². The summed E-state index contributed by atoms with van der Waals surface area (Å²) in [4.78, 5) is 30.5. The Balaban J connectivity index is 2.03. The van der Waals surface area contributed by atoms with Crippen LogP contribution in [0.1, 0.15) is 50.8 Å². The number of rotatable bonds is 6. The van der Waals surface area contributed by atoms with E-state index >= 15 is 0 Å². The number of aromatic amines is 2. The number of aromatic nitrogens is 2. The largest absolute Gasteiger partial charge is 0.325 e. The van der Waals surface area contributed by atoms with E-state index in [2.05, 4.69) is 28.7 Å². The second-order valence-corrected chi connectivity index (χ2v) is 5.77. The van der Waals surface area contributed by atoms with Gasteiger partial charge in [0.05, 0.1) is 0 Å². The molecule has 0 radical (unpaired) electrons. The Morgan fingerprint density at radius 3 is 2.75 bits per heavy atom. The minimum absolute atomic E-state index is 0.221. The molecule has 1 aliphatic rings. The summed E-state index contributed by atoms with van der Waals surface area (Å²) in [6.45, 7) is 7.12. The number of nitrogens with zero attached hydrogens (tertiary/aromatic N) is 1. The first-order chi connectivity index (χ1) is 9.63. The van der Waals surface area contributed by atoms with Crippen LogP contribution in [-0.2, 0) is 13.0 Å². The summed E-state index contributed by atoms with van der Waals surface area (Å²) in [5.41, 5.74) is 0.938. The number of fused-ring (bicyclic) bond motifs is 1. The average Bonchev–Trinajstić information content (AvgIpc) is 2.42. The van der Waals surface area contributed by atoms with Crippen molar-refractivity contribution in [2.45, 2.75) is 52.5 Å². The summed E-state index contributed by atoms with van der Waals surface area (Å²) in [7, 11) is 0. The lowest BCUT2D eigenvalue weighted by molar-refractivity contribution is 0.199. The highest BCUT2D eigenvalue weighted by atomic mass is 16.2. The molecule has 1 atom stereocenters. The molecule has 112 valence electrons. The van der Waals surface area contributed by atoms with Gasteiger partial charge >= 0.3 is 5.69 Å². The predicted molar refractivity (Wildman–Crippen MR) is 80.0 cm³/mol. The third kappa shape index (κ3) is 3.60. The summed E-state index contributed by atoms with van der Waals surface area (Å²) in [5.74, 6) is 0.713. The fraction of sp³-hybridized carbons (Fsp3) is 0.733. The van der Waals surface area contributed by atoms with Gasteiger partial charge in [-0.2, -0.15) is 0 Å². The highest BCUT2D eigenvalue weighted by Crippen LogP contribution is 2.18. The zero-order chi connectivity index (χ0) is 14.5. The van der Waals surface area contributed by atoms with E-state index in [0.717, 1.165) is 30.8 Å². The van der Waals surface area contributed by atoms with Crippen molar-refractivity contribution in [3.05, 3.63) is 32.1 Å². The fourth-order valence-corrected chi connectivity index (χ4v) is 2.97. The summed E-state index contributed by atoms with van der Waals surface area (Å²) >= 11 is 0. The summed E-state index contributed by atoms with van der Waals surface area (Å²) in [6.07, 6.45) is 5.70. The average molecular weight is 279 g/mol. The molecule has 0 amide bonds. The lowest BCUT2D eigenvalue weighted by Gasteiger charge is -2.30.